The van der Waals surface area contributed by atoms with Crippen molar-refractivity contribution in [2.24, 2.45) is 5.92 Å². The van der Waals surface area contributed by atoms with Crippen molar-refractivity contribution in [2.45, 2.75) is 25.4 Å². The van der Waals surface area contributed by atoms with E-state index in [9.17, 15) is 0 Å². The number of anilines is 4. The maximum atomic E-state index is 4.79. The van der Waals surface area contributed by atoms with Crippen molar-refractivity contribution < 1.29 is 0 Å². The minimum Gasteiger partial charge on any atom is -0.317 e. The van der Waals surface area contributed by atoms with Gasteiger partial charge in [-0.25, -0.2) is 4.98 Å². The van der Waals surface area contributed by atoms with Gasteiger partial charge in [0.15, 0.2) is 5.82 Å². The molecule has 1 aromatic heterocycles. The molecule has 2 aliphatic heterocycles. The third-order valence-corrected chi connectivity index (χ3v) is 5.94. The smallest absolute Gasteiger partial charge is 0.158 e. The molecule has 0 bridgehead atoms. The number of aromatic nitrogens is 1. The van der Waals surface area contributed by atoms with Gasteiger partial charge in [0.2, 0.25) is 0 Å². The molecule has 2 aliphatic rings. The first-order chi connectivity index (χ1) is 13.3. The van der Waals surface area contributed by atoms with Gasteiger partial charge in [-0.2, -0.15) is 0 Å². The van der Waals surface area contributed by atoms with Crippen molar-refractivity contribution in [2.75, 3.05) is 9.80 Å². The highest BCUT2D eigenvalue weighted by molar-refractivity contribution is 5.87. The van der Waals surface area contributed by atoms with E-state index in [1.807, 2.05) is 12.3 Å². The van der Waals surface area contributed by atoms with E-state index >= 15 is 0 Å². The Morgan fingerprint density at radius 2 is 1.67 bits per heavy atom. The van der Waals surface area contributed by atoms with Gasteiger partial charge in [0.05, 0.1) is 5.69 Å². The topological polar surface area (TPSA) is 19.4 Å². The van der Waals surface area contributed by atoms with E-state index in [0.29, 0.717) is 11.8 Å². The van der Waals surface area contributed by atoms with Crippen LogP contribution in [-0.4, -0.2) is 11.1 Å². The lowest BCUT2D eigenvalue weighted by Crippen LogP contribution is -2.48. The largest absolute Gasteiger partial charge is 0.317 e. The summed E-state index contributed by atoms with van der Waals surface area (Å²) >= 11 is 0. The Balaban J connectivity index is 1.76. The Morgan fingerprint density at radius 1 is 0.926 bits per heavy atom. The summed E-state index contributed by atoms with van der Waals surface area (Å²) in [6.45, 7) is 6.39. The Hall–Kier alpha value is -3.07. The molecule has 27 heavy (non-hydrogen) atoms. The summed E-state index contributed by atoms with van der Waals surface area (Å²) in [6.07, 6.45) is 5.14. The number of benzene rings is 2. The van der Waals surface area contributed by atoms with Gasteiger partial charge in [-0.05, 0) is 48.2 Å². The number of rotatable bonds is 3. The van der Waals surface area contributed by atoms with E-state index in [0.717, 1.165) is 12.2 Å². The fourth-order valence-electron chi connectivity index (χ4n) is 4.79. The number of nitrogens with zero attached hydrogens (tertiary/aromatic N) is 3. The molecule has 3 unspecified atom stereocenters. The van der Waals surface area contributed by atoms with E-state index in [4.69, 9.17) is 4.98 Å². The van der Waals surface area contributed by atoms with E-state index in [2.05, 4.69) is 90.0 Å². The summed E-state index contributed by atoms with van der Waals surface area (Å²) in [6, 6.07) is 23.7. The first kappa shape index (κ1) is 16.1. The fraction of sp³-hybridized carbons (Fsp3) is 0.208. The van der Waals surface area contributed by atoms with Gasteiger partial charge in [0, 0.05) is 23.5 Å². The van der Waals surface area contributed by atoms with Crippen molar-refractivity contribution in [1.29, 1.82) is 0 Å². The lowest BCUT2D eigenvalue weighted by molar-refractivity contribution is 0.369. The summed E-state index contributed by atoms with van der Waals surface area (Å²) in [5.41, 5.74) is 5.05. The Bertz CT molecular complexity index is 982. The fourth-order valence-corrected chi connectivity index (χ4v) is 4.79. The van der Waals surface area contributed by atoms with Crippen LogP contribution in [0.25, 0.3) is 0 Å². The molecule has 0 aliphatic carbocycles. The van der Waals surface area contributed by atoms with Crippen LogP contribution in [0.4, 0.5) is 22.9 Å². The minimum atomic E-state index is 0.206. The number of hydrogen-bond acceptors (Lipinski definition) is 3. The summed E-state index contributed by atoms with van der Waals surface area (Å²) < 4.78 is 0. The standard InChI is InChI=1S/C24H23N3/c1-3-10-19-17(2)24-26(18-11-5-4-6-12-18)22-15-9-16-25-23(22)27(24)21-14-8-7-13-20(19)21/h3-9,11-17,19,24H,1,10H2,2H3. The first-order valence-electron chi connectivity index (χ1n) is 9.59. The average molecular weight is 353 g/mol. The number of para-hydroxylation sites is 2. The third-order valence-electron chi connectivity index (χ3n) is 5.94. The molecule has 0 spiro atoms. The van der Waals surface area contributed by atoms with Crippen LogP contribution in [0.15, 0.2) is 85.6 Å². The molecule has 3 heteroatoms. The van der Waals surface area contributed by atoms with Crippen LogP contribution < -0.4 is 9.80 Å². The molecule has 0 N–H and O–H groups in total. The summed E-state index contributed by atoms with van der Waals surface area (Å²) in [4.78, 5) is 9.68. The van der Waals surface area contributed by atoms with Crippen molar-refractivity contribution >= 4 is 22.9 Å². The van der Waals surface area contributed by atoms with Crippen LogP contribution in [0, 0.1) is 5.92 Å². The second-order valence-electron chi connectivity index (χ2n) is 7.38. The maximum Gasteiger partial charge on any atom is 0.158 e. The quantitative estimate of drug-likeness (QED) is 0.538. The van der Waals surface area contributed by atoms with Crippen LogP contribution in [0.5, 0.6) is 0 Å². The van der Waals surface area contributed by atoms with Gasteiger partial charge < -0.3 is 9.80 Å². The van der Waals surface area contributed by atoms with Crippen LogP contribution in [-0.2, 0) is 0 Å². The normalized spacial score (nSPS) is 22.8. The van der Waals surface area contributed by atoms with Gasteiger partial charge in [0.1, 0.15) is 6.17 Å². The average Bonchev–Trinajstić information content (AvgIpc) is 3.07. The molecule has 0 radical (unpaired) electrons. The van der Waals surface area contributed by atoms with E-state index in [-0.39, 0.29) is 6.17 Å². The van der Waals surface area contributed by atoms with Crippen molar-refractivity contribution in [3.8, 4) is 0 Å². The number of allylic oxidation sites excluding steroid dienone is 1. The number of hydrogen-bond donors (Lipinski definition) is 0. The van der Waals surface area contributed by atoms with Crippen LogP contribution in [0.3, 0.4) is 0 Å². The number of pyridine rings is 1. The van der Waals surface area contributed by atoms with E-state index in [1.54, 1.807) is 0 Å². The van der Waals surface area contributed by atoms with Gasteiger partial charge in [-0.3, -0.25) is 0 Å². The lowest BCUT2D eigenvalue weighted by Gasteiger charge is -2.45. The molecule has 134 valence electrons. The van der Waals surface area contributed by atoms with Crippen LogP contribution in [0.2, 0.25) is 0 Å². The van der Waals surface area contributed by atoms with Crippen molar-refractivity contribution in [3.05, 3.63) is 91.1 Å². The Morgan fingerprint density at radius 3 is 2.48 bits per heavy atom. The highest BCUT2D eigenvalue weighted by Gasteiger charge is 2.48. The molecule has 0 saturated heterocycles. The highest BCUT2D eigenvalue weighted by atomic mass is 15.5. The molecular formula is C24H23N3. The molecule has 5 rings (SSSR count). The zero-order valence-electron chi connectivity index (χ0n) is 15.5. The minimum absolute atomic E-state index is 0.206. The van der Waals surface area contributed by atoms with Gasteiger partial charge in [0.25, 0.3) is 0 Å². The maximum absolute atomic E-state index is 4.79. The lowest BCUT2D eigenvalue weighted by atomic mass is 9.78. The second kappa shape index (κ2) is 6.27. The molecule has 3 aromatic rings. The molecule has 3 heterocycles. The highest BCUT2D eigenvalue weighted by Crippen LogP contribution is 2.55. The zero-order valence-corrected chi connectivity index (χ0v) is 15.5. The zero-order chi connectivity index (χ0) is 18.4. The monoisotopic (exact) mass is 353 g/mol. The predicted octanol–water partition coefficient (Wildman–Crippen LogP) is 6.01. The van der Waals surface area contributed by atoms with E-state index in [1.165, 1.54) is 22.6 Å². The van der Waals surface area contributed by atoms with Gasteiger partial charge in [-0.1, -0.05) is 49.4 Å². The van der Waals surface area contributed by atoms with Gasteiger partial charge in [-0.15, -0.1) is 6.58 Å². The Kier molecular flexibility index (Phi) is 3.75. The van der Waals surface area contributed by atoms with Gasteiger partial charge >= 0.3 is 0 Å². The molecule has 0 amide bonds. The second-order valence-corrected chi connectivity index (χ2v) is 7.38. The first-order valence-corrected chi connectivity index (χ1v) is 9.59. The van der Waals surface area contributed by atoms with Crippen molar-refractivity contribution in [1.82, 2.24) is 4.98 Å². The molecule has 3 atom stereocenters. The molecule has 0 saturated carbocycles. The molecule has 3 nitrogen and oxygen atoms in total. The van der Waals surface area contributed by atoms with Crippen molar-refractivity contribution in [3.63, 3.8) is 0 Å². The number of fused-ring (bicyclic) bond motifs is 5. The molecule has 2 aromatic carbocycles. The molecule has 0 fully saturated rings. The predicted molar refractivity (Wildman–Crippen MR) is 112 cm³/mol. The summed E-state index contributed by atoms with van der Waals surface area (Å²) in [5.74, 6) is 1.91. The molecular weight excluding hydrogens is 330 g/mol. The third kappa shape index (κ3) is 2.31. The van der Waals surface area contributed by atoms with Crippen LogP contribution in [0.1, 0.15) is 24.8 Å². The summed E-state index contributed by atoms with van der Waals surface area (Å²) in [5, 5.41) is 0. The SMILES string of the molecule is C=CCC1c2ccccc2N2c3ncccc3N(c3ccccc3)C2C1C. The Labute approximate surface area is 160 Å². The summed E-state index contributed by atoms with van der Waals surface area (Å²) in [7, 11) is 0. The van der Waals surface area contributed by atoms with Crippen LogP contribution >= 0.6 is 0 Å². The van der Waals surface area contributed by atoms with E-state index < -0.39 is 0 Å².